The summed E-state index contributed by atoms with van der Waals surface area (Å²) in [6.45, 7) is 0.844. The largest absolute Gasteiger partial charge is 0.307 e. The number of benzene rings is 2. The molecule has 0 aliphatic heterocycles. The minimum absolute atomic E-state index is 0.686. The number of aromatic nitrogens is 4. The number of allylic oxidation sites excluding steroid dienone is 2. The average Bonchev–Trinajstić information content (AvgIpc) is 3.08. The van der Waals surface area contributed by atoms with Crippen LogP contribution >= 0.6 is 11.6 Å². The van der Waals surface area contributed by atoms with Crippen LogP contribution in [0.1, 0.15) is 32.1 Å². The molecular weight excluding hydrogens is 368 g/mol. The number of hydrogen-bond acceptors (Lipinski definition) is 3. The Kier molecular flexibility index (Phi) is 4.57. The van der Waals surface area contributed by atoms with Crippen molar-refractivity contribution in [1.29, 1.82) is 0 Å². The highest BCUT2D eigenvalue weighted by atomic mass is 35.5. The quantitative estimate of drug-likeness (QED) is 0.391. The molecule has 0 unspecified atom stereocenters. The van der Waals surface area contributed by atoms with E-state index in [1.54, 1.807) is 5.57 Å². The maximum absolute atomic E-state index is 6.25. The zero-order chi connectivity index (χ0) is 18.9. The van der Waals surface area contributed by atoms with Crippen molar-refractivity contribution in [2.24, 2.45) is 0 Å². The van der Waals surface area contributed by atoms with Crippen molar-refractivity contribution in [3.63, 3.8) is 0 Å². The molecule has 4 aromatic rings. The minimum atomic E-state index is 0.686. The molecule has 1 aliphatic carbocycles. The van der Waals surface area contributed by atoms with Crippen LogP contribution in [-0.4, -0.2) is 19.5 Å². The van der Waals surface area contributed by atoms with E-state index in [1.165, 1.54) is 25.7 Å². The molecule has 1 aliphatic rings. The SMILES string of the molecule is Clc1cccc(-c2nc3nc4ccccc4nc3n2CCC2=CCCCC2)c1. The lowest BCUT2D eigenvalue weighted by Crippen LogP contribution is -2.04. The van der Waals surface area contributed by atoms with Gasteiger partial charge in [0, 0.05) is 17.1 Å². The van der Waals surface area contributed by atoms with Crippen molar-refractivity contribution in [2.45, 2.75) is 38.6 Å². The van der Waals surface area contributed by atoms with E-state index in [2.05, 4.69) is 10.6 Å². The molecule has 140 valence electrons. The molecule has 2 aromatic heterocycles. The van der Waals surface area contributed by atoms with Crippen molar-refractivity contribution in [3.05, 3.63) is 65.2 Å². The second kappa shape index (κ2) is 7.36. The maximum atomic E-state index is 6.25. The molecule has 0 N–H and O–H groups in total. The Bertz CT molecular complexity index is 1190. The van der Waals surface area contributed by atoms with E-state index >= 15 is 0 Å². The monoisotopic (exact) mass is 388 g/mol. The van der Waals surface area contributed by atoms with Crippen molar-refractivity contribution in [3.8, 4) is 11.4 Å². The third-order valence-corrected chi connectivity index (χ3v) is 5.62. The van der Waals surface area contributed by atoms with Gasteiger partial charge >= 0.3 is 0 Å². The predicted octanol–water partition coefficient (Wildman–Crippen LogP) is 6.19. The molecule has 28 heavy (non-hydrogen) atoms. The summed E-state index contributed by atoms with van der Waals surface area (Å²) >= 11 is 6.25. The van der Waals surface area contributed by atoms with Crippen molar-refractivity contribution >= 4 is 33.9 Å². The van der Waals surface area contributed by atoms with Gasteiger partial charge in [-0.2, -0.15) is 0 Å². The molecule has 0 spiro atoms. The summed E-state index contributed by atoms with van der Waals surface area (Å²) in [7, 11) is 0. The molecule has 0 amide bonds. The Hall–Kier alpha value is -2.72. The summed E-state index contributed by atoms with van der Waals surface area (Å²) < 4.78 is 2.20. The van der Waals surface area contributed by atoms with E-state index < -0.39 is 0 Å². The van der Waals surface area contributed by atoms with Gasteiger partial charge in [0.2, 0.25) is 0 Å². The molecule has 2 aromatic carbocycles. The van der Waals surface area contributed by atoms with Crippen LogP contribution in [0.5, 0.6) is 0 Å². The summed E-state index contributed by atoms with van der Waals surface area (Å²) in [6.07, 6.45) is 8.43. The highest BCUT2D eigenvalue weighted by molar-refractivity contribution is 6.30. The van der Waals surface area contributed by atoms with Gasteiger partial charge in [0.05, 0.1) is 11.0 Å². The molecule has 0 radical (unpaired) electrons. The smallest absolute Gasteiger partial charge is 0.198 e. The van der Waals surface area contributed by atoms with Gasteiger partial charge in [-0.3, -0.25) is 0 Å². The Morgan fingerprint density at radius 1 is 0.929 bits per heavy atom. The van der Waals surface area contributed by atoms with Gasteiger partial charge in [0.25, 0.3) is 0 Å². The topological polar surface area (TPSA) is 43.6 Å². The van der Waals surface area contributed by atoms with E-state index in [4.69, 9.17) is 26.6 Å². The first-order chi connectivity index (χ1) is 13.8. The fourth-order valence-electron chi connectivity index (χ4n) is 3.95. The fraction of sp³-hybridized carbons (Fsp3) is 0.261. The third-order valence-electron chi connectivity index (χ3n) is 5.38. The lowest BCUT2D eigenvalue weighted by Gasteiger charge is -2.14. The molecule has 0 saturated carbocycles. The second-order valence-electron chi connectivity index (χ2n) is 7.32. The number of imidazole rings is 1. The summed E-state index contributed by atoms with van der Waals surface area (Å²) in [5.41, 5.74) is 5.82. The van der Waals surface area contributed by atoms with Crippen LogP contribution in [0.4, 0.5) is 0 Å². The number of hydrogen-bond donors (Lipinski definition) is 0. The first-order valence-corrected chi connectivity index (χ1v) is 10.2. The number of nitrogens with zero attached hydrogens (tertiary/aromatic N) is 4. The first-order valence-electron chi connectivity index (χ1n) is 9.85. The number of aryl methyl sites for hydroxylation is 1. The van der Waals surface area contributed by atoms with Crippen LogP contribution in [0, 0.1) is 0 Å². The first kappa shape index (κ1) is 17.4. The Balaban J connectivity index is 1.65. The molecule has 5 rings (SSSR count). The standard InChI is InChI=1S/C23H21ClN4/c24-18-10-6-9-17(15-18)22-27-21-23(26-20-12-5-4-11-19(20)25-21)28(22)14-13-16-7-2-1-3-8-16/h4-7,9-12,15H,1-3,8,13-14H2. The lowest BCUT2D eigenvalue weighted by atomic mass is 9.97. The van der Waals surface area contributed by atoms with Gasteiger partial charge in [0.1, 0.15) is 5.82 Å². The molecule has 0 fully saturated rings. The fourth-order valence-corrected chi connectivity index (χ4v) is 4.14. The average molecular weight is 389 g/mol. The lowest BCUT2D eigenvalue weighted by molar-refractivity contribution is 0.634. The summed E-state index contributed by atoms with van der Waals surface area (Å²) in [5.74, 6) is 0.879. The van der Waals surface area contributed by atoms with E-state index in [9.17, 15) is 0 Å². The minimum Gasteiger partial charge on any atom is -0.307 e. The van der Waals surface area contributed by atoms with Crippen LogP contribution in [0.15, 0.2) is 60.2 Å². The maximum Gasteiger partial charge on any atom is 0.198 e. The van der Waals surface area contributed by atoms with Gasteiger partial charge in [-0.05, 0) is 56.4 Å². The molecule has 2 heterocycles. The van der Waals surface area contributed by atoms with Crippen molar-refractivity contribution in [1.82, 2.24) is 19.5 Å². The molecule has 5 heteroatoms. The molecule has 4 nitrogen and oxygen atoms in total. The van der Waals surface area contributed by atoms with Gasteiger partial charge < -0.3 is 4.57 Å². The van der Waals surface area contributed by atoms with E-state index in [0.717, 1.165) is 41.0 Å². The van der Waals surface area contributed by atoms with E-state index in [-0.39, 0.29) is 0 Å². The number of fused-ring (bicyclic) bond motifs is 2. The van der Waals surface area contributed by atoms with Crippen LogP contribution in [0.3, 0.4) is 0 Å². The number of rotatable bonds is 4. The summed E-state index contributed by atoms with van der Waals surface area (Å²) in [4.78, 5) is 14.5. The predicted molar refractivity (Wildman–Crippen MR) is 114 cm³/mol. The molecular formula is C23H21ClN4. The summed E-state index contributed by atoms with van der Waals surface area (Å²) in [6, 6.07) is 15.8. The van der Waals surface area contributed by atoms with E-state index in [0.29, 0.717) is 10.7 Å². The van der Waals surface area contributed by atoms with Crippen LogP contribution in [0.25, 0.3) is 33.7 Å². The normalized spacial score (nSPS) is 14.5. The number of para-hydroxylation sites is 2. The highest BCUT2D eigenvalue weighted by Gasteiger charge is 2.17. The zero-order valence-electron chi connectivity index (χ0n) is 15.6. The van der Waals surface area contributed by atoms with Crippen molar-refractivity contribution in [2.75, 3.05) is 0 Å². The Morgan fingerprint density at radius 3 is 2.57 bits per heavy atom. The number of halogens is 1. The van der Waals surface area contributed by atoms with Gasteiger partial charge in [0.15, 0.2) is 11.3 Å². The van der Waals surface area contributed by atoms with Crippen molar-refractivity contribution < 1.29 is 0 Å². The van der Waals surface area contributed by atoms with Crippen LogP contribution in [-0.2, 0) is 6.54 Å². The summed E-state index contributed by atoms with van der Waals surface area (Å²) in [5, 5.41) is 0.706. The molecule has 0 saturated heterocycles. The Morgan fingerprint density at radius 2 is 1.79 bits per heavy atom. The van der Waals surface area contributed by atoms with Gasteiger partial charge in [-0.1, -0.05) is 47.5 Å². The Labute approximate surface area is 168 Å². The molecule has 0 bridgehead atoms. The second-order valence-corrected chi connectivity index (χ2v) is 7.75. The van der Waals surface area contributed by atoms with Gasteiger partial charge in [-0.15, -0.1) is 0 Å². The molecule has 0 atom stereocenters. The van der Waals surface area contributed by atoms with Crippen LogP contribution < -0.4 is 0 Å². The highest BCUT2D eigenvalue weighted by Crippen LogP contribution is 2.28. The zero-order valence-corrected chi connectivity index (χ0v) is 16.4. The van der Waals surface area contributed by atoms with Gasteiger partial charge in [-0.25, -0.2) is 15.0 Å². The van der Waals surface area contributed by atoms with E-state index in [1.807, 2.05) is 48.5 Å². The third kappa shape index (κ3) is 3.29. The van der Waals surface area contributed by atoms with Crippen LogP contribution in [0.2, 0.25) is 5.02 Å².